The highest BCUT2D eigenvalue weighted by molar-refractivity contribution is 6.02. The summed E-state index contributed by atoms with van der Waals surface area (Å²) in [5, 5.41) is 15.9. The number of nitriles is 1. The third-order valence-electron chi connectivity index (χ3n) is 4.44. The Balaban J connectivity index is 1.51. The van der Waals surface area contributed by atoms with Crippen molar-refractivity contribution in [3.63, 3.8) is 0 Å². The van der Waals surface area contributed by atoms with Crippen molar-refractivity contribution in [1.82, 2.24) is 9.78 Å². The maximum atomic E-state index is 13.7. The van der Waals surface area contributed by atoms with Gasteiger partial charge in [0, 0.05) is 6.07 Å². The van der Waals surface area contributed by atoms with E-state index in [1.807, 2.05) is 6.07 Å². The van der Waals surface area contributed by atoms with Crippen molar-refractivity contribution in [2.24, 2.45) is 0 Å². The van der Waals surface area contributed by atoms with Crippen LogP contribution in [0.25, 0.3) is 5.69 Å². The number of hydrogen-bond acceptors (Lipinski definition) is 5. The molecule has 0 fully saturated rings. The van der Waals surface area contributed by atoms with Gasteiger partial charge in [0.25, 0.3) is 5.91 Å². The minimum atomic E-state index is -1.70. The van der Waals surface area contributed by atoms with E-state index in [0.29, 0.717) is 5.69 Å². The predicted molar refractivity (Wildman–Crippen MR) is 106 cm³/mol. The number of aromatic nitrogens is 2. The maximum Gasteiger partial charge on any atom is 0.292 e. The first-order valence-corrected chi connectivity index (χ1v) is 9.28. The first kappa shape index (κ1) is 21.6. The van der Waals surface area contributed by atoms with Gasteiger partial charge < -0.3 is 14.5 Å². The fourth-order valence-electron chi connectivity index (χ4n) is 2.88. The summed E-state index contributed by atoms with van der Waals surface area (Å²) in [5.74, 6) is -8.80. The van der Waals surface area contributed by atoms with Crippen LogP contribution in [0, 0.1) is 34.6 Å². The van der Waals surface area contributed by atoms with E-state index in [9.17, 15) is 27.6 Å². The molecular formula is C22H12F4N4O3. The van der Waals surface area contributed by atoms with E-state index in [0.717, 1.165) is 0 Å². The Kier molecular flexibility index (Phi) is 5.82. The molecule has 11 heteroatoms. The van der Waals surface area contributed by atoms with Gasteiger partial charge in [0.1, 0.15) is 24.0 Å². The minimum absolute atomic E-state index is 0.0549. The quantitative estimate of drug-likeness (QED) is 0.335. The van der Waals surface area contributed by atoms with Crippen LogP contribution in [0.5, 0.6) is 5.75 Å². The number of amides is 1. The largest absolute Gasteiger partial charge is 0.479 e. The number of nitrogens with zero attached hydrogens (tertiary/aromatic N) is 3. The van der Waals surface area contributed by atoms with Gasteiger partial charge in [-0.05, 0) is 24.3 Å². The summed E-state index contributed by atoms with van der Waals surface area (Å²) in [7, 11) is 0. The van der Waals surface area contributed by atoms with E-state index in [1.54, 1.807) is 30.3 Å². The zero-order valence-electron chi connectivity index (χ0n) is 16.5. The highest BCUT2D eigenvalue weighted by atomic mass is 19.2. The molecule has 33 heavy (non-hydrogen) atoms. The number of halogens is 4. The monoisotopic (exact) mass is 456 g/mol. The van der Waals surface area contributed by atoms with Gasteiger partial charge in [-0.25, -0.2) is 13.5 Å². The first-order valence-electron chi connectivity index (χ1n) is 9.28. The average Bonchev–Trinajstić information content (AvgIpc) is 3.45. The molecule has 7 nitrogen and oxygen atoms in total. The Bertz CT molecular complexity index is 1350. The number of carbonyl (C=O) groups is 1. The summed E-state index contributed by atoms with van der Waals surface area (Å²) in [5.41, 5.74) is 0.690. The first-order chi connectivity index (χ1) is 15.9. The van der Waals surface area contributed by atoms with E-state index in [1.165, 1.54) is 23.0 Å². The van der Waals surface area contributed by atoms with Crippen LogP contribution in [-0.4, -0.2) is 15.7 Å². The van der Waals surface area contributed by atoms with Crippen LogP contribution in [0.15, 0.2) is 59.1 Å². The Morgan fingerprint density at radius 1 is 1.09 bits per heavy atom. The summed E-state index contributed by atoms with van der Waals surface area (Å²) in [4.78, 5) is 12.6. The van der Waals surface area contributed by atoms with Gasteiger partial charge in [0.15, 0.2) is 29.0 Å². The Morgan fingerprint density at radius 3 is 2.45 bits per heavy atom. The molecule has 1 N–H and O–H groups in total. The Labute approximate surface area is 183 Å². The number of nitrogens with one attached hydrogen (secondary N) is 1. The fourth-order valence-corrected chi connectivity index (χ4v) is 2.88. The molecule has 0 bridgehead atoms. The van der Waals surface area contributed by atoms with Crippen molar-refractivity contribution in [3.05, 3.63) is 95.1 Å². The van der Waals surface area contributed by atoms with Crippen molar-refractivity contribution in [1.29, 1.82) is 5.26 Å². The van der Waals surface area contributed by atoms with Gasteiger partial charge >= 0.3 is 0 Å². The molecule has 0 unspecified atom stereocenters. The predicted octanol–water partition coefficient (Wildman–Crippen LogP) is 4.72. The van der Waals surface area contributed by atoms with E-state index in [4.69, 9.17) is 9.15 Å². The lowest BCUT2D eigenvalue weighted by molar-refractivity contribution is 0.0991. The molecule has 0 saturated heterocycles. The molecule has 0 aliphatic rings. The van der Waals surface area contributed by atoms with Gasteiger partial charge in [-0.15, -0.1) is 0 Å². The normalized spacial score (nSPS) is 10.6. The number of hydrogen-bond donors (Lipinski definition) is 1. The minimum Gasteiger partial charge on any atom is -0.479 e. The Morgan fingerprint density at radius 2 is 1.79 bits per heavy atom. The molecule has 2 aromatic heterocycles. The highest BCUT2D eigenvalue weighted by Gasteiger charge is 2.22. The lowest BCUT2D eigenvalue weighted by atomic mass is 10.3. The summed E-state index contributed by atoms with van der Waals surface area (Å²) in [6, 6.07) is 13.3. The van der Waals surface area contributed by atoms with Crippen molar-refractivity contribution < 1.29 is 31.5 Å². The van der Waals surface area contributed by atoms with Crippen LogP contribution in [0.1, 0.15) is 21.9 Å². The lowest BCUT2D eigenvalue weighted by Crippen LogP contribution is -2.15. The van der Waals surface area contributed by atoms with E-state index in [-0.39, 0.29) is 29.0 Å². The van der Waals surface area contributed by atoms with Crippen molar-refractivity contribution in [2.75, 3.05) is 5.32 Å². The third-order valence-corrected chi connectivity index (χ3v) is 4.44. The van der Waals surface area contributed by atoms with Crippen LogP contribution in [-0.2, 0) is 6.61 Å². The van der Waals surface area contributed by atoms with Gasteiger partial charge in [0.2, 0.25) is 11.6 Å². The van der Waals surface area contributed by atoms with Crippen LogP contribution >= 0.6 is 0 Å². The molecule has 0 atom stereocenters. The summed E-state index contributed by atoms with van der Waals surface area (Å²) in [6.07, 6.45) is 1.28. The summed E-state index contributed by atoms with van der Waals surface area (Å²) >= 11 is 0. The van der Waals surface area contributed by atoms with Gasteiger partial charge in [-0.3, -0.25) is 4.79 Å². The topological polar surface area (TPSA) is 93.1 Å². The van der Waals surface area contributed by atoms with Crippen LogP contribution in [0.3, 0.4) is 0 Å². The van der Waals surface area contributed by atoms with Crippen molar-refractivity contribution in [3.8, 4) is 17.5 Å². The number of anilines is 1. The van der Waals surface area contributed by atoms with E-state index >= 15 is 0 Å². The maximum absolute atomic E-state index is 13.7. The van der Waals surface area contributed by atoms with Gasteiger partial charge in [-0.1, -0.05) is 18.2 Å². The second kappa shape index (κ2) is 8.88. The fraction of sp³-hybridized carbons (Fsp3) is 0.0455. The molecule has 0 aliphatic heterocycles. The molecule has 4 aromatic rings. The molecule has 4 rings (SSSR count). The Hall–Kier alpha value is -4.59. The van der Waals surface area contributed by atoms with Crippen LogP contribution < -0.4 is 10.1 Å². The van der Waals surface area contributed by atoms with Crippen molar-refractivity contribution >= 4 is 11.7 Å². The smallest absolute Gasteiger partial charge is 0.292 e. The molecule has 166 valence electrons. The molecular weight excluding hydrogens is 444 g/mol. The molecule has 0 radical (unpaired) electrons. The number of ether oxygens (including phenoxy) is 1. The zero-order valence-corrected chi connectivity index (χ0v) is 16.5. The number of para-hydroxylation sites is 1. The van der Waals surface area contributed by atoms with Crippen molar-refractivity contribution in [2.45, 2.75) is 6.61 Å². The standard InChI is InChI=1S/C22H12F4N4O3/c23-15-8-16(24)19(26)20(18(15)25)32-11-14-6-7-17(33-14)22(31)29-21-12(9-27)10-28-30(21)13-4-2-1-3-5-13/h1-8,10H,11H2,(H,29,31). The molecule has 0 saturated carbocycles. The summed E-state index contributed by atoms with van der Waals surface area (Å²) in [6.45, 7) is -0.616. The summed E-state index contributed by atoms with van der Waals surface area (Å²) < 4.78 is 65.4. The molecule has 2 aromatic carbocycles. The highest BCUT2D eigenvalue weighted by Crippen LogP contribution is 2.27. The average molecular weight is 456 g/mol. The van der Waals surface area contributed by atoms with E-state index in [2.05, 4.69) is 10.4 Å². The molecule has 1 amide bonds. The molecule has 0 spiro atoms. The van der Waals surface area contributed by atoms with Gasteiger partial charge in [0.05, 0.1) is 11.9 Å². The number of rotatable bonds is 6. The molecule has 0 aliphatic carbocycles. The van der Waals surface area contributed by atoms with Crippen LogP contribution in [0.2, 0.25) is 0 Å². The lowest BCUT2D eigenvalue weighted by Gasteiger charge is -2.09. The van der Waals surface area contributed by atoms with Gasteiger partial charge in [-0.2, -0.15) is 19.1 Å². The molecule has 2 heterocycles. The second-order valence-corrected chi connectivity index (χ2v) is 6.57. The zero-order chi connectivity index (χ0) is 23.5. The SMILES string of the molecule is N#Cc1cnn(-c2ccccc2)c1NC(=O)c1ccc(COc2c(F)c(F)cc(F)c2F)o1. The second-order valence-electron chi connectivity index (χ2n) is 6.57. The number of furan rings is 1. The van der Waals surface area contributed by atoms with E-state index < -0.39 is 41.5 Å². The van der Waals surface area contributed by atoms with Crippen LogP contribution in [0.4, 0.5) is 23.4 Å². The number of benzene rings is 2. The number of carbonyl (C=O) groups excluding carboxylic acids is 1. The third kappa shape index (κ3) is 4.27.